The number of nitrogens with zero attached hydrogens (tertiary/aromatic N) is 1. The van der Waals surface area contributed by atoms with Crippen molar-refractivity contribution in [3.63, 3.8) is 0 Å². The molecule has 1 aliphatic heterocycles. The average molecular weight is 428 g/mol. The van der Waals surface area contributed by atoms with Crippen molar-refractivity contribution in [3.8, 4) is 0 Å². The SMILES string of the molecule is CCC(CNC(=O)CCCCCN=C1NS(=O)(=O)c2ccccc21)c1ccccc1. The maximum absolute atomic E-state index is 12.1. The summed E-state index contributed by atoms with van der Waals surface area (Å²) in [5, 5.41) is 3.04. The van der Waals surface area contributed by atoms with Crippen molar-refractivity contribution in [2.24, 2.45) is 4.99 Å². The Kier molecular flexibility index (Phi) is 7.63. The fourth-order valence-electron chi connectivity index (χ4n) is 3.56. The lowest BCUT2D eigenvalue weighted by Crippen LogP contribution is -2.28. The van der Waals surface area contributed by atoms with Crippen LogP contribution in [0.25, 0.3) is 0 Å². The number of benzene rings is 2. The summed E-state index contributed by atoms with van der Waals surface area (Å²) >= 11 is 0. The van der Waals surface area contributed by atoms with E-state index < -0.39 is 10.0 Å². The number of carbonyl (C=O) groups excluding carboxylic acids is 1. The van der Waals surface area contributed by atoms with E-state index in [0.717, 1.165) is 25.7 Å². The standard InChI is InChI=1S/C23H29N3O3S/c1-2-18(19-11-5-3-6-12-19)17-25-22(27)15-7-4-10-16-24-23-20-13-8-9-14-21(20)30(28,29)26-23/h3,5-6,8-9,11-14,18H,2,4,7,10,15-17H2,1H3,(H,24,26)(H,25,27). The van der Waals surface area contributed by atoms with Gasteiger partial charge in [0.25, 0.3) is 10.0 Å². The van der Waals surface area contributed by atoms with Gasteiger partial charge in [0.1, 0.15) is 5.84 Å². The van der Waals surface area contributed by atoms with Crippen molar-refractivity contribution < 1.29 is 13.2 Å². The number of amidine groups is 1. The minimum atomic E-state index is -3.48. The smallest absolute Gasteiger partial charge is 0.263 e. The summed E-state index contributed by atoms with van der Waals surface area (Å²) in [4.78, 5) is 16.8. The Bertz CT molecular complexity index is 988. The number of unbranched alkanes of at least 4 members (excludes halogenated alkanes) is 2. The van der Waals surface area contributed by atoms with E-state index >= 15 is 0 Å². The van der Waals surface area contributed by atoms with E-state index in [1.807, 2.05) is 18.2 Å². The molecule has 0 fully saturated rings. The highest BCUT2D eigenvalue weighted by molar-refractivity contribution is 7.90. The van der Waals surface area contributed by atoms with Crippen LogP contribution in [0.3, 0.4) is 0 Å². The van der Waals surface area contributed by atoms with E-state index in [9.17, 15) is 13.2 Å². The third-order valence-electron chi connectivity index (χ3n) is 5.30. The van der Waals surface area contributed by atoms with Crippen LogP contribution in [0.2, 0.25) is 0 Å². The zero-order valence-electron chi connectivity index (χ0n) is 17.3. The first kappa shape index (κ1) is 22.0. The topological polar surface area (TPSA) is 87.6 Å². The van der Waals surface area contributed by atoms with E-state index in [4.69, 9.17) is 0 Å². The van der Waals surface area contributed by atoms with Gasteiger partial charge in [0.05, 0.1) is 4.90 Å². The Morgan fingerprint density at radius 1 is 1.03 bits per heavy atom. The molecular formula is C23H29N3O3S. The molecule has 1 aliphatic rings. The second-order valence-electron chi connectivity index (χ2n) is 7.46. The maximum atomic E-state index is 12.1. The van der Waals surface area contributed by atoms with Crippen molar-refractivity contribution in [1.29, 1.82) is 0 Å². The molecule has 1 amide bonds. The highest BCUT2D eigenvalue weighted by Crippen LogP contribution is 2.22. The van der Waals surface area contributed by atoms with Crippen LogP contribution in [0.4, 0.5) is 0 Å². The quantitative estimate of drug-likeness (QED) is 0.568. The molecule has 3 rings (SSSR count). The zero-order valence-corrected chi connectivity index (χ0v) is 18.1. The lowest BCUT2D eigenvalue weighted by Gasteiger charge is -2.16. The summed E-state index contributed by atoms with van der Waals surface area (Å²) in [6.07, 6.45) is 3.95. The number of hydrogen-bond acceptors (Lipinski definition) is 4. The number of nitrogens with one attached hydrogen (secondary N) is 2. The number of aliphatic imine (C=N–C) groups is 1. The first-order chi connectivity index (χ1) is 14.5. The fourth-order valence-corrected chi connectivity index (χ4v) is 4.82. The van der Waals surface area contributed by atoms with Crippen molar-refractivity contribution in [2.45, 2.75) is 49.8 Å². The average Bonchev–Trinajstić information content (AvgIpc) is 3.02. The molecule has 2 aromatic rings. The summed E-state index contributed by atoms with van der Waals surface area (Å²) in [5.74, 6) is 0.826. The first-order valence-electron chi connectivity index (χ1n) is 10.5. The summed E-state index contributed by atoms with van der Waals surface area (Å²) in [6.45, 7) is 3.32. The summed E-state index contributed by atoms with van der Waals surface area (Å²) in [6, 6.07) is 17.1. The molecule has 0 aromatic heterocycles. The Hall–Kier alpha value is -2.67. The monoisotopic (exact) mass is 427 g/mol. The van der Waals surface area contributed by atoms with Crippen LogP contribution < -0.4 is 10.0 Å². The Morgan fingerprint density at radius 3 is 2.53 bits per heavy atom. The van der Waals surface area contributed by atoms with Gasteiger partial charge in [0.15, 0.2) is 0 Å². The van der Waals surface area contributed by atoms with Crippen LogP contribution >= 0.6 is 0 Å². The van der Waals surface area contributed by atoms with Crippen LogP contribution in [-0.2, 0) is 14.8 Å². The molecular weight excluding hydrogens is 398 g/mol. The molecule has 0 radical (unpaired) electrons. The number of carbonyl (C=O) groups is 1. The number of hydrogen-bond donors (Lipinski definition) is 2. The van der Waals surface area contributed by atoms with Gasteiger partial charge in [-0.1, -0.05) is 55.8 Å². The van der Waals surface area contributed by atoms with Gasteiger partial charge in [0, 0.05) is 31.0 Å². The van der Waals surface area contributed by atoms with Gasteiger partial charge in [-0.2, -0.15) is 0 Å². The Morgan fingerprint density at radius 2 is 1.77 bits per heavy atom. The van der Waals surface area contributed by atoms with E-state index in [2.05, 4.69) is 34.1 Å². The third-order valence-corrected chi connectivity index (χ3v) is 6.70. The molecule has 1 heterocycles. The number of rotatable bonds is 10. The minimum Gasteiger partial charge on any atom is -0.355 e. The van der Waals surface area contributed by atoms with Crippen LogP contribution in [-0.4, -0.2) is 33.3 Å². The molecule has 1 atom stereocenters. The highest BCUT2D eigenvalue weighted by atomic mass is 32.2. The van der Waals surface area contributed by atoms with Crippen LogP contribution in [0.5, 0.6) is 0 Å². The highest BCUT2D eigenvalue weighted by Gasteiger charge is 2.29. The Labute approximate surface area is 178 Å². The second-order valence-corrected chi connectivity index (χ2v) is 9.11. The molecule has 30 heavy (non-hydrogen) atoms. The van der Waals surface area contributed by atoms with Crippen molar-refractivity contribution in [1.82, 2.24) is 10.0 Å². The first-order valence-corrected chi connectivity index (χ1v) is 12.0. The van der Waals surface area contributed by atoms with Gasteiger partial charge in [-0.3, -0.25) is 14.5 Å². The van der Waals surface area contributed by atoms with Crippen molar-refractivity contribution in [2.75, 3.05) is 13.1 Å². The van der Waals surface area contributed by atoms with Gasteiger partial charge in [-0.05, 0) is 37.0 Å². The molecule has 160 valence electrons. The van der Waals surface area contributed by atoms with Crippen LogP contribution in [0.1, 0.15) is 56.1 Å². The summed E-state index contributed by atoms with van der Waals surface area (Å²) in [7, 11) is -3.48. The number of amides is 1. The van der Waals surface area contributed by atoms with Gasteiger partial charge in [0.2, 0.25) is 5.91 Å². The molecule has 2 aromatic carbocycles. The summed E-state index contributed by atoms with van der Waals surface area (Å²) in [5.41, 5.74) is 1.88. The van der Waals surface area contributed by atoms with Gasteiger partial charge in [-0.25, -0.2) is 8.42 Å². The van der Waals surface area contributed by atoms with E-state index in [1.54, 1.807) is 24.3 Å². The molecule has 1 unspecified atom stereocenters. The third kappa shape index (κ3) is 5.69. The van der Waals surface area contributed by atoms with Crippen LogP contribution in [0, 0.1) is 0 Å². The molecule has 0 spiro atoms. The molecule has 0 saturated heterocycles. The van der Waals surface area contributed by atoms with E-state index in [-0.39, 0.29) is 10.8 Å². The molecule has 0 bridgehead atoms. The molecule has 0 aliphatic carbocycles. The molecule has 2 N–H and O–H groups in total. The molecule has 0 saturated carbocycles. The van der Waals surface area contributed by atoms with E-state index in [0.29, 0.717) is 36.8 Å². The van der Waals surface area contributed by atoms with Crippen LogP contribution in [0.15, 0.2) is 64.5 Å². The number of fused-ring (bicyclic) bond motifs is 1. The zero-order chi connectivity index (χ0) is 21.4. The van der Waals surface area contributed by atoms with Gasteiger partial charge < -0.3 is 5.32 Å². The molecule has 7 heteroatoms. The largest absolute Gasteiger partial charge is 0.355 e. The van der Waals surface area contributed by atoms with Crippen molar-refractivity contribution >= 4 is 21.8 Å². The fraction of sp³-hybridized carbons (Fsp3) is 0.391. The predicted octanol–water partition coefficient (Wildman–Crippen LogP) is 3.60. The Balaban J connectivity index is 1.36. The minimum absolute atomic E-state index is 0.0770. The maximum Gasteiger partial charge on any atom is 0.263 e. The lowest BCUT2D eigenvalue weighted by atomic mass is 9.96. The normalized spacial score (nSPS) is 16.6. The van der Waals surface area contributed by atoms with Gasteiger partial charge in [-0.15, -0.1) is 0 Å². The second kappa shape index (κ2) is 10.4. The van der Waals surface area contributed by atoms with Gasteiger partial charge >= 0.3 is 0 Å². The molecule has 6 nitrogen and oxygen atoms in total. The summed E-state index contributed by atoms with van der Waals surface area (Å²) < 4.78 is 26.6. The van der Waals surface area contributed by atoms with Crippen molar-refractivity contribution in [3.05, 3.63) is 65.7 Å². The predicted molar refractivity (Wildman–Crippen MR) is 119 cm³/mol. The van der Waals surface area contributed by atoms with E-state index in [1.165, 1.54) is 5.56 Å². The number of sulfonamides is 1. The lowest BCUT2D eigenvalue weighted by molar-refractivity contribution is -0.121.